The number of carboxylic acids is 1. The number of hydrogen-bond donors (Lipinski definition) is 2. The zero-order chi connectivity index (χ0) is 11.5. The summed E-state index contributed by atoms with van der Waals surface area (Å²) in [6.45, 7) is 0. The second kappa shape index (κ2) is 4.19. The molecule has 2 aromatic rings. The first-order valence-electron chi connectivity index (χ1n) is 4.08. The van der Waals surface area contributed by atoms with E-state index >= 15 is 0 Å². The monoisotopic (exact) mass is 240 g/mol. The van der Waals surface area contributed by atoms with Crippen LogP contribution in [0, 0.1) is 5.82 Å². The molecular formula is C8H5FN4O2S. The van der Waals surface area contributed by atoms with Crippen molar-refractivity contribution < 1.29 is 14.3 Å². The van der Waals surface area contributed by atoms with Crippen molar-refractivity contribution in [3.8, 4) is 0 Å². The van der Waals surface area contributed by atoms with Gasteiger partial charge >= 0.3 is 5.97 Å². The molecule has 0 fully saturated rings. The first-order valence-corrected chi connectivity index (χ1v) is 4.96. The number of carboxylic acid groups (broad SMARTS) is 1. The van der Waals surface area contributed by atoms with Crippen LogP contribution >= 0.6 is 11.3 Å². The molecule has 0 atom stereocenters. The van der Waals surface area contributed by atoms with Gasteiger partial charge in [0.15, 0.2) is 16.6 Å². The Kier molecular flexibility index (Phi) is 2.73. The van der Waals surface area contributed by atoms with Crippen LogP contribution in [0.15, 0.2) is 17.8 Å². The van der Waals surface area contributed by atoms with Gasteiger partial charge in [0, 0.05) is 5.38 Å². The Balaban J connectivity index is 2.14. The van der Waals surface area contributed by atoms with Gasteiger partial charge in [-0.05, 0) is 0 Å². The van der Waals surface area contributed by atoms with Gasteiger partial charge in [-0.3, -0.25) is 0 Å². The molecule has 0 amide bonds. The SMILES string of the molecule is O=C(O)c1csc(Nc2ncc(F)cn2)n1. The highest BCUT2D eigenvalue weighted by Crippen LogP contribution is 2.18. The summed E-state index contributed by atoms with van der Waals surface area (Å²) in [7, 11) is 0. The van der Waals surface area contributed by atoms with Gasteiger partial charge in [0.2, 0.25) is 5.95 Å². The fraction of sp³-hybridized carbons (Fsp3) is 0. The Morgan fingerprint density at radius 1 is 1.44 bits per heavy atom. The number of carbonyl (C=O) groups is 1. The number of nitrogens with zero attached hydrogens (tertiary/aromatic N) is 3. The van der Waals surface area contributed by atoms with E-state index in [-0.39, 0.29) is 11.6 Å². The van der Waals surface area contributed by atoms with E-state index in [1.165, 1.54) is 5.38 Å². The largest absolute Gasteiger partial charge is 0.476 e. The number of hydrogen-bond acceptors (Lipinski definition) is 6. The van der Waals surface area contributed by atoms with Crippen molar-refractivity contribution in [1.82, 2.24) is 15.0 Å². The van der Waals surface area contributed by atoms with Crippen LogP contribution in [-0.4, -0.2) is 26.0 Å². The first kappa shape index (κ1) is 10.4. The van der Waals surface area contributed by atoms with E-state index in [0.717, 1.165) is 23.7 Å². The van der Waals surface area contributed by atoms with Gasteiger partial charge in [-0.2, -0.15) is 0 Å². The smallest absolute Gasteiger partial charge is 0.355 e. The van der Waals surface area contributed by atoms with E-state index in [1.807, 2.05) is 0 Å². The summed E-state index contributed by atoms with van der Waals surface area (Å²) in [6, 6.07) is 0. The quantitative estimate of drug-likeness (QED) is 0.845. The molecule has 6 nitrogen and oxygen atoms in total. The molecule has 0 unspecified atom stereocenters. The van der Waals surface area contributed by atoms with Crippen LogP contribution in [0.3, 0.4) is 0 Å². The van der Waals surface area contributed by atoms with Crippen LogP contribution in [0.5, 0.6) is 0 Å². The molecule has 0 aliphatic rings. The molecule has 82 valence electrons. The lowest BCUT2D eigenvalue weighted by Gasteiger charge is -1.98. The molecule has 0 bridgehead atoms. The average molecular weight is 240 g/mol. The number of aromatic carboxylic acids is 1. The van der Waals surface area contributed by atoms with Gasteiger partial charge in [-0.1, -0.05) is 0 Å². The predicted octanol–water partition coefficient (Wildman–Crippen LogP) is 1.51. The molecule has 0 aliphatic carbocycles. The van der Waals surface area contributed by atoms with E-state index in [2.05, 4.69) is 20.3 Å². The fourth-order valence-corrected chi connectivity index (χ4v) is 1.58. The molecule has 0 saturated heterocycles. The second-order valence-corrected chi connectivity index (χ2v) is 3.55. The van der Waals surface area contributed by atoms with Crippen LogP contribution < -0.4 is 5.32 Å². The summed E-state index contributed by atoms with van der Waals surface area (Å²) in [4.78, 5) is 21.6. The number of aromatic nitrogens is 3. The van der Waals surface area contributed by atoms with E-state index in [1.54, 1.807) is 0 Å². The third-order valence-corrected chi connectivity index (χ3v) is 2.32. The van der Waals surface area contributed by atoms with Crippen molar-refractivity contribution in [3.63, 3.8) is 0 Å². The van der Waals surface area contributed by atoms with Gasteiger partial charge in [0.25, 0.3) is 0 Å². The molecule has 0 aliphatic heterocycles. The molecule has 0 saturated carbocycles. The maximum atomic E-state index is 12.5. The van der Waals surface area contributed by atoms with Crippen molar-refractivity contribution in [2.45, 2.75) is 0 Å². The number of thiazole rings is 1. The van der Waals surface area contributed by atoms with Crippen LogP contribution in [0.2, 0.25) is 0 Å². The van der Waals surface area contributed by atoms with E-state index in [0.29, 0.717) is 5.13 Å². The van der Waals surface area contributed by atoms with Crippen molar-refractivity contribution >= 4 is 28.4 Å². The summed E-state index contributed by atoms with van der Waals surface area (Å²) in [6.07, 6.45) is 2.00. The lowest BCUT2D eigenvalue weighted by molar-refractivity contribution is 0.0691. The van der Waals surface area contributed by atoms with Crippen molar-refractivity contribution in [3.05, 3.63) is 29.3 Å². The molecule has 2 aromatic heterocycles. The van der Waals surface area contributed by atoms with Gasteiger partial charge in [-0.15, -0.1) is 11.3 Å². The molecule has 0 radical (unpaired) electrons. The molecule has 0 aromatic carbocycles. The maximum absolute atomic E-state index is 12.5. The van der Waals surface area contributed by atoms with Crippen molar-refractivity contribution in [1.29, 1.82) is 0 Å². The third kappa shape index (κ3) is 2.28. The standard InChI is InChI=1S/C8H5FN4O2S/c9-4-1-10-7(11-2-4)13-8-12-5(3-16-8)6(14)15/h1-3H,(H,14,15)(H,10,11,12,13). The van der Waals surface area contributed by atoms with Gasteiger partial charge in [-0.25, -0.2) is 24.1 Å². The first-order chi connectivity index (χ1) is 7.65. The average Bonchev–Trinajstić information content (AvgIpc) is 2.70. The summed E-state index contributed by atoms with van der Waals surface area (Å²) >= 11 is 1.10. The van der Waals surface area contributed by atoms with Crippen molar-refractivity contribution in [2.24, 2.45) is 0 Å². The number of anilines is 2. The molecule has 0 spiro atoms. The van der Waals surface area contributed by atoms with Crippen LogP contribution in [0.4, 0.5) is 15.5 Å². The molecule has 2 rings (SSSR count). The highest BCUT2D eigenvalue weighted by molar-refractivity contribution is 7.14. The lowest BCUT2D eigenvalue weighted by Crippen LogP contribution is -1.99. The number of halogens is 1. The molecule has 2 N–H and O–H groups in total. The van der Waals surface area contributed by atoms with E-state index < -0.39 is 11.8 Å². The minimum Gasteiger partial charge on any atom is -0.476 e. The Hall–Kier alpha value is -2.09. The zero-order valence-corrected chi connectivity index (χ0v) is 8.53. The summed E-state index contributed by atoms with van der Waals surface area (Å²) in [5.74, 6) is -1.49. The van der Waals surface area contributed by atoms with Gasteiger partial charge in [0.1, 0.15) is 0 Å². The molecule has 16 heavy (non-hydrogen) atoms. The van der Waals surface area contributed by atoms with E-state index in [4.69, 9.17) is 5.11 Å². The molecule has 8 heteroatoms. The fourth-order valence-electron chi connectivity index (χ4n) is 0.902. The van der Waals surface area contributed by atoms with Crippen molar-refractivity contribution in [2.75, 3.05) is 5.32 Å². The zero-order valence-electron chi connectivity index (χ0n) is 7.72. The van der Waals surface area contributed by atoms with Crippen LogP contribution in [0.1, 0.15) is 10.5 Å². The second-order valence-electron chi connectivity index (χ2n) is 2.69. The summed E-state index contributed by atoms with van der Waals surface area (Å²) in [5, 5.41) is 13.0. The highest BCUT2D eigenvalue weighted by Gasteiger charge is 2.09. The minimum absolute atomic E-state index is 0.0605. The highest BCUT2D eigenvalue weighted by atomic mass is 32.1. The summed E-state index contributed by atoms with van der Waals surface area (Å²) in [5.41, 5.74) is -0.0605. The summed E-state index contributed by atoms with van der Waals surface area (Å²) < 4.78 is 12.5. The molecule has 2 heterocycles. The number of rotatable bonds is 3. The normalized spacial score (nSPS) is 10.1. The number of nitrogens with one attached hydrogen (secondary N) is 1. The van der Waals surface area contributed by atoms with Crippen LogP contribution in [-0.2, 0) is 0 Å². The lowest BCUT2D eigenvalue weighted by atomic mass is 10.5. The Morgan fingerprint density at radius 2 is 2.12 bits per heavy atom. The Labute approximate surface area is 92.8 Å². The van der Waals surface area contributed by atoms with Gasteiger partial charge < -0.3 is 10.4 Å². The Bertz CT molecular complexity index is 513. The minimum atomic E-state index is -1.11. The van der Waals surface area contributed by atoms with Gasteiger partial charge in [0.05, 0.1) is 12.4 Å². The van der Waals surface area contributed by atoms with Crippen LogP contribution in [0.25, 0.3) is 0 Å². The molecular weight excluding hydrogens is 235 g/mol. The topological polar surface area (TPSA) is 88.0 Å². The van der Waals surface area contributed by atoms with E-state index in [9.17, 15) is 9.18 Å². The Morgan fingerprint density at radius 3 is 2.69 bits per heavy atom. The maximum Gasteiger partial charge on any atom is 0.355 e. The third-order valence-electron chi connectivity index (χ3n) is 1.56. The predicted molar refractivity (Wildman–Crippen MR) is 54.3 cm³/mol.